The lowest BCUT2D eigenvalue weighted by molar-refractivity contribution is 0.0950. The molecular formula is C21H26N2O4S. The van der Waals surface area contributed by atoms with Crippen LogP contribution in [0.15, 0.2) is 53.4 Å². The van der Waals surface area contributed by atoms with E-state index in [0.717, 1.165) is 24.2 Å². The van der Waals surface area contributed by atoms with Crippen LogP contribution >= 0.6 is 0 Å². The molecule has 0 unspecified atom stereocenters. The summed E-state index contributed by atoms with van der Waals surface area (Å²) in [6.45, 7) is 5.35. The maximum absolute atomic E-state index is 12.7. The van der Waals surface area contributed by atoms with E-state index in [1.54, 1.807) is 12.1 Å². The normalized spacial score (nSPS) is 15.0. The van der Waals surface area contributed by atoms with Crippen LogP contribution in [-0.4, -0.2) is 37.8 Å². The van der Waals surface area contributed by atoms with Crippen molar-refractivity contribution in [1.82, 2.24) is 9.62 Å². The summed E-state index contributed by atoms with van der Waals surface area (Å²) in [7, 11) is -3.54. The van der Waals surface area contributed by atoms with Gasteiger partial charge in [-0.2, -0.15) is 4.31 Å². The summed E-state index contributed by atoms with van der Waals surface area (Å²) in [4.78, 5) is 12.7. The number of amides is 1. The topological polar surface area (TPSA) is 75.7 Å². The van der Waals surface area contributed by atoms with Crippen LogP contribution in [0.4, 0.5) is 0 Å². The number of benzene rings is 2. The molecule has 0 atom stereocenters. The van der Waals surface area contributed by atoms with Crippen LogP contribution in [0.5, 0.6) is 5.75 Å². The summed E-state index contributed by atoms with van der Waals surface area (Å²) in [6.07, 6.45) is 1.86. The molecule has 0 radical (unpaired) electrons. The molecule has 1 fully saturated rings. The second kappa shape index (κ2) is 8.75. The van der Waals surface area contributed by atoms with Crippen LogP contribution in [0.3, 0.4) is 0 Å². The summed E-state index contributed by atoms with van der Waals surface area (Å²) in [6, 6.07) is 13.7. The largest absolute Gasteiger partial charge is 0.491 e. The fourth-order valence-electron chi connectivity index (χ4n) is 3.12. The number of carbonyl (C=O) groups excluding carboxylic acids is 1. The van der Waals surface area contributed by atoms with Gasteiger partial charge in [-0.15, -0.1) is 0 Å². The van der Waals surface area contributed by atoms with Crippen LogP contribution in [0.2, 0.25) is 0 Å². The number of carbonyl (C=O) groups is 1. The molecule has 2 aromatic carbocycles. The lowest BCUT2D eigenvalue weighted by Gasteiger charge is -2.16. The average molecular weight is 403 g/mol. The first kappa shape index (κ1) is 20.4. The maximum atomic E-state index is 12.7. The number of hydrogen-bond acceptors (Lipinski definition) is 4. The molecule has 150 valence electrons. The van der Waals surface area contributed by atoms with E-state index in [1.807, 2.05) is 38.1 Å². The van der Waals surface area contributed by atoms with Crippen molar-refractivity contribution in [2.24, 2.45) is 0 Å². The summed E-state index contributed by atoms with van der Waals surface area (Å²) in [5, 5.41) is 2.84. The van der Waals surface area contributed by atoms with Crippen molar-refractivity contribution in [1.29, 1.82) is 0 Å². The van der Waals surface area contributed by atoms with Gasteiger partial charge in [-0.25, -0.2) is 8.42 Å². The number of nitrogens with one attached hydrogen (secondary N) is 1. The summed E-state index contributed by atoms with van der Waals surface area (Å²) in [5.41, 5.74) is 1.27. The fourth-order valence-corrected chi connectivity index (χ4v) is 4.68. The molecule has 7 heteroatoms. The molecule has 0 aromatic heterocycles. The maximum Gasteiger partial charge on any atom is 0.251 e. The Kier molecular flexibility index (Phi) is 6.36. The van der Waals surface area contributed by atoms with Crippen LogP contribution in [-0.2, 0) is 16.6 Å². The fraction of sp³-hybridized carbons (Fsp3) is 0.381. The third kappa shape index (κ3) is 4.91. The Morgan fingerprint density at radius 3 is 2.43 bits per heavy atom. The van der Waals surface area contributed by atoms with Crippen LogP contribution in [0.25, 0.3) is 0 Å². The van der Waals surface area contributed by atoms with E-state index in [0.29, 0.717) is 25.2 Å². The first-order chi connectivity index (χ1) is 13.4. The van der Waals surface area contributed by atoms with Crippen molar-refractivity contribution in [3.63, 3.8) is 0 Å². The minimum absolute atomic E-state index is 0.106. The molecule has 2 aromatic rings. The number of rotatable bonds is 7. The van der Waals surface area contributed by atoms with E-state index in [4.69, 9.17) is 4.74 Å². The van der Waals surface area contributed by atoms with E-state index in [2.05, 4.69) is 5.32 Å². The highest BCUT2D eigenvalue weighted by atomic mass is 32.2. The van der Waals surface area contributed by atoms with Crippen molar-refractivity contribution in [2.45, 2.75) is 44.2 Å². The first-order valence-corrected chi connectivity index (χ1v) is 10.9. The van der Waals surface area contributed by atoms with Gasteiger partial charge in [0.2, 0.25) is 10.0 Å². The van der Waals surface area contributed by atoms with Gasteiger partial charge in [0.1, 0.15) is 5.75 Å². The number of sulfonamides is 1. The zero-order valence-corrected chi connectivity index (χ0v) is 17.0. The molecule has 1 heterocycles. The number of hydrogen-bond donors (Lipinski definition) is 1. The van der Waals surface area contributed by atoms with Crippen molar-refractivity contribution >= 4 is 15.9 Å². The predicted octanol–water partition coefficient (Wildman–Crippen LogP) is 3.19. The Morgan fingerprint density at radius 1 is 1.11 bits per heavy atom. The van der Waals surface area contributed by atoms with Crippen molar-refractivity contribution in [3.8, 4) is 5.75 Å². The molecule has 0 bridgehead atoms. The Labute approximate surface area is 166 Å². The number of nitrogens with zero attached hydrogens (tertiary/aromatic N) is 1. The molecule has 1 saturated heterocycles. The highest BCUT2D eigenvalue weighted by Gasteiger charge is 2.27. The van der Waals surface area contributed by atoms with Gasteiger partial charge in [0.15, 0.2) is 0 Å². The summed E-state index contributed by atoms with van der Waals surface area (Å²) >= 11 is 0. The lowest BCUT2D eigenvalue weighted by atomic mass is 10.2. The highest BCUT2D eigenvalue weighted by molar-refractivity contribution is 7.89. The van der Waals surface area contributed by atoms with E-state index in [9.17, 15) is 13.2 Å². The minimum atomic E-state index is -3.54. The molecule has 1 aliphatic rings. The van der Waals surface area contributed by atoms with E-state index in [1.165, 1.54) is 16.4 Å². The van der Waals surface area contributed by atoms with Gasteiger partial charge in [0, 0.05) is 25.2 Å². The molecule has 1 aliphatic heterocycles. The molecule has 1 N–H and O–H groups in total. The van der Waals surface area contributed by atoms with E-state index in [-0.39, 0.29) is 16.9 Å². The third-order valence-corrected chi connectivity index (χ3v) is 6.44. The monoisotopic (exact) mass is 402 g/mol. The second-order valence-corrected chi connectivity index (χ2v) is 9.07. The first-order valence-electron chi connectivity index (χ1n) is 9.50. The van der Waals surface area contributed by atoms with Gasteiger partial charge in [-0.05, 0) is 62.6 Å². The second-order valence-electron chi connectivity index (χ2n) is 7.13. The standard InChI is InChI=1S/C21H26N2O4S/c1-16(2)27-19-10-8-17(9-11-19)15-22-21(24)18-6-5-7-20(14-18)28(25,26)23-12-3-4-13-23/h5-11,14,16H,3-4,12-13,15H2,1-2H3,(H,22,24). The third-order valence-electron chi connectivity index (χ3n) is 4.55. The van der Waals surface area contributed by atoms with Gasteiger partial charge < -0.3 is 10.1 Å². The summed E-state index contributed by atoms with van der Waals surface area (Å²) < 4.78 is 32.4. The van der Waals surface area contributed by atoms with Crippen molar-refractivity contribution < 1.29 is 17.9 Å². The average Bonchev–Trinajstić information content (AvgIpc) is 3.22. The molecular weight excluding hydrogens is 376 g/mol. The quantitative estimate of drug-likeness (QED) is 0.772. The molecule has 3 rings (SSSR count). The van der Waals surface area contributed by atoms with Gasteiger partial charge in [0.25, 0.3) is 5.91 Å². The molecule has 0 aliphatic carbocycles. The van der Waals surface area contributed by atoms with Crippen molar-refractivity contribution in [3.05, 3.63) is 59.7 Å². The zero-order valence-electron chi connectivity index (χ0n) is 16.2. The van der Waals surface area contributed by atoms with Crippen LogP contribution in [0.1, 0.15) is 42.6 Å². The van der Waals surface area contributed by atoms with Gasteiger partial charge >= 0.3 is 0 Å². The smallest absolute Gasteiger partial charge is 0.251 e. The Balaban J connectivity index is 1.65. The number of ether oxygens (including phenoxy) is 1. The van der Waals surface area contributed by atoms with Gasteiger partial charge in [-0.3, -0.25) is 4.79 Å². The molecule has 0 spiro atoms. The van der Waals surface area contributed by atoms with Gasteiger partial charge in [0.05, 0.1) is 11.0 Å². The van der Waals surface area contributed by atoms with Crippen LogP contribution in [0, 0.1) is 0 Å². The van der Waals surface area contributed by atoms with Crippen LogP contribution < -0.4 is 10.1 Å². The SMILES string of the molecule is CC(C)Oc1ccc(CNC(=O)c2cccc(S(=O)(=O)N3CCCC3)c2)cc1. The Bertz CT molecular complexity index is 918. The lowest BCUT2D eigenvalue weighted by Crippen LogP contribution is -2.28. The molecule has 28 heavy (non-hydrogen) atoms. The Hall–Kier alpha value is -2.38. The minimum Gasteiger partial charge on any atom is -0.491 e. The van der Waals surface area contributed by atoms with E-state index >= 15 is 0 Å². The summed E-state index contributed by atoms with van der Waals surface area (Å²) in [5.74, 6) is 0.478. The zero-order chi connectivity index (χ0) is 20.1. The molecule has 0 saturated carbocycles. The van der Waals surface area contributed by atoms with Gasteiger partial charge in [-0.1, -0.05) is 18.2 Å². The Morgan fingerprint density at radius 2 is 1.79 bits per heavy atom. The van der Waals surface area contributed by atoms with Crippen molar-refractivity contribution in [2.75, 3.05) is 13.1 Å². The predicted molar refractivity (Wildman–Crippen MR) is 108 cm³/mol. The van der Waals surface area contributed by atoms with E-state index < -0.39 is 10.0 Å². The molecule has 1 amide bonds. The highest BCUT2D eigenvalue weighted by Crippen LogP contribution is 2.21. The molecule has 6 nitrogen and oxygen atoms in total.